The number of benzene rings is 1. The number of nitrogens with one attached hydrogen (secondary N) is 1. The van der Waals surface area contributed by atoms with Gasteiger partial charge in [0.15, 0.2) is 0 Å². The molecule has 0 radical (unpaired) electrons. The summed E-state index contributed by atoms with van der Waals surface area (Å²) in [5.41, 5.74) is 2.43. The number of fused-ring (bicyclic) bond motifs is 1. The van der Waals surface area contributed by atoms with Gasteiger partial charge >= 0.3 is 6.16 Å². The van der Waals surface area contributed by atoms with Crippen LogP contribution in [0.5, 0.6) is 0 Å². The Bertz CT molecular complexity index is 700. The van der Waals surface area contributed by atoms with Gasteiger partial charge in [-0.1, -0.05) is 18.2 Å². The topological polar surface area (TPSA) is 74.8 Å². The normalized spacial score (nSPS) is 21.8. The summed E-state index contributed by atoms with van der Waals surface area (Å²) in [6, 6.07) is 8.27. The van der Waals surface area contributed by atoms with E-state index in [4.69, 9.17) is 9.47 Å². The summed E-state index contributed by atoms with van der Waals surface area (Å²) in [5, 5.41) is 11.5. The quantitative estimate of drug-likeness (QED) is 0.814. The van der Waals surface area contributed by atoms with Crippen LogP contribution in [0.25, 0.3) is 10.9 Å². The molecule has 2 N–H and O–H groups in total. The van der Waals surface area contributed by atoms with Crippen molar-refractivity contribution in [3.8, 4) is 0 Å². The molecule has 2 heterocycles. The lowest BCUT2D eigenvalue weighted by Gasteiger charge is -2.25. The maximum absolute atomic E-state index is 11.6. The van der Waals surface area contributed by atoms with Crippen molar-refractivity contribution in [2.24, 2.45) is 0 Å². The van der Waals surface area contributed by atoms with Crippen molar-refractivity contribution in [2.45, 2.75) is 38.4 Å². The van der Waals surface area contributed by atoms with Gasteiger partial charge in [-0.15, -0.1) is 0 Å². The number of carbonyl (C=O) groups is 1. The van der Waals surface area contributed by atoms with Gasteiger partial charge in [-0.3, -0.25) is 4.90 Å². The zero-order chi connectivity index (χ0) is 17.6. The van der Waals surface area contributed by atoms with Crippen molar-refractivity contribution < 1.29 is 19.4 Å². The number of likely N-dealkylation sites (tertiary alicyclic amines) is 1. The van der Waals surface area contributed by atoms with Crippen LogP contribution in [0.15, 0.2) is 30.5 Å². The summed E-state index contributed by atoms with van der Waals surface area (Å²) in [4.78, 5) is 17.1. The van der Waals surface area contributed by atoms with E-state index in [0.29, 0.717) is 13.0 Å². The number of hydrogen-bond acceptors (Lipinski definition) is 5. The van der Waals surface area contributed by atoms with Crippen LogP contribution in [0.1, 0.15) is 25.3 Å². The number of aliphatic hydroxyl groups excluding tert-OH is 1. The largest absolute Gasteiger partial charge is 0.508 e. The molecule has 0 spiro atoms. The summed E-state index contributed by atoms with van der Waals surface area (Å²) < 4.78 is 10.1. The van der Waals surface area contributed by atoms with Crippen LogP contribution in [0.2, 0.25) is 0 Å². The molecule has 1 aliphatic rings. The molecule has 6 nitrogen and oxygen atoms in total. The summed E-state index contributed by atoms with van der Waals surface area (Å²) in [7, 11) is 0. The smallest absolute Gasteiger partial charge is 0.435 e. The van der Waals surface area contributed by atoms with E-state index < -0.39 is 18.4 Å². The monoisotopic (exact) mass is 346 g/mol. The molecule has 3 rings (SSSR count). The molecule has 1 aromatic carbocycles. The van der Waals surface area contributed by atoms with Crippen LogP contribution >= 0.6 is 0 Å². The highest BCUT2D eigenvalue weighted by molar-refractivity contribution is 5.83. The predicted octanol–water partition coefficient (Wildman–Crippen LogP) is 2.71. The summed E-state index contributed by atoms with van der Waals surface area (Å²) in [5.74, 6) is 0. The Morgan fingerprint density at radius 2 is 2.24 bits per heavy atom. The second-order valence-electron chi connectivity index (χ2n) is 6.46. The van der Waals surface area contributed by atoms with Gasteiger partial charge < -0.3 is 19.6 Å². The number of hydrogen-bond donors (Lipinski definition) is 2. The van der Waals surface area contributed by atoms with Crippen LogP contribution in [0, 0.1) is 0 Å². The third-order valence-corrected chi connectivity index (χ3v) is 4.72. The Hall–Kier alpha value is -2.05. The SMILES string of the molecule is CCOC(=O)O[C@H]1CN(CCc2c[nH]c3ccccc23)CCC[C@H]1O. The van der Waals surface area contributed by atoms with E-state index >= 15 is 0 Å². The van der Waals surface area contributed by atoms with E-state index in [9.17, 15) is 9.90 Å². The fraction of sp³-hybridized carbons (Fsp3) is 0.526. The number of carbonyl (C=O) groups excluding carboxylic acids is 1. The van der Waals surface area contributed by atoms with Gasteiger partial charge in [0.2, 0.25) is 0 Å². The third kappa shape index (κ3) is 4.52. The highest BCUT2D eigenvalue weighted by Crippen LogP contribution is 2.20. The summed E-state index contributed by atoms with van der Waals surface area (Å²) >= 11 is 0. The average Bonchev–Trinajstić information content (AvgIpc) is 2.93. The lowest BCUT2D eigenvalue weighted by atomic mass is 10.1. The Labute approximate surface area is 147 Å². The number of aliphatic hydroxyl groups is 1. The van der Waals surface area contributed by atoms with E-state index in [2.05, 4.69) is 28.2 Å². The molecule has 1 saturated heterocycles. The average molecular weight is 346 g/mol. The zero-order valence-corrected chi connectivity index (χ0v) is 14.6. The molecule has 136 valence electrons. The molecule has 2 atom stereocenters. The first-order valence-electron chi connectivity index (χ1n) is 8.96. The molecule has 0 saturated carbocycles. The predicted molar refractivity (Wildman–Crippen MR) is 95.6 cm³/mol. The van der Waals surface area contributed by atoms with Crippen molar-refractivity contribution in [1.82, 2.24) is 9.88 Å². The molecule has 0 amide bonds. The number of rotatable bonds is 5. The first kappa shape index (κ1) is 17.8. The van der Waals surface area contributed by atoms with Crippen LogP contribution in [-0.2, 0) is 15.9 Å². The molecule has 1 fully saturated rings. The van der Waals surface area contributed by atoms with Crippen molar-refractivity contribution in [3.63, 3.8) is 0 Å². The van der Waals surface area contributed by atoms with Gasteiger partial charge in [0.1, 0.15) is 6.10 Å². The van der Waals surface area contributed by atoms with Gasteiger partial charge in [0, 0.05) is 30.2 Å². The summed E-state index contributed by atoms with van der Waals surface area (Å²) in [6.45, 7) is 4.28. The molecule has 1 aromatic heterocycles. The van der Waals surface area contributed by atoms with Crippen molar-refractivity contribution >= 4 is 17.1 Å². The van der Waals surface area contributed by atoms with Gasteiger partial charge in [-0.25, -0.2) is 4.79 Å². The molecule has 25 heavy (non-hydrogen) atoms. The zero-order valence-electron chi connectivity index (χ0n) is 14.6. The Morgan fingerprint density at radius 3 is 3.08 bits per heavy atom. The standard InChI is InChI=1S/C19H26N2O4/c1-2-24-19(23)25-18-13-21(10-5-8-17(18)22)11-9-14-12-20-16-7-4-3-6-15(14)16/h3-4,6-7,12,17-18,20,22H,2,5,8-11,13H2,1H3/t17-,18+/m1/s1. The van der Waals surface area contributed by atoms with Crippen LogP contribution < -0.4 is 0 Å². The molecular formula is C19H26N2O4. The second kappa shape index (κ2) is 8.36. The van der Waals surface area contributed by atoms with E-state index in [1.165, 1.54) is 10.9 Å². The molecule has 0 unspecified atom stereocenters. The van der Waals surface area contributed by atoms with Gasteiger partial charge in [0.05, 0.1) is 12.7 Å². The molecule has 1 aliphatic heterocycles. The second-order valence-corrected chi connectivity index (χ2v) is 6.46. The van der Waals surface area contributed by atoms with Crippen molar-refractivity contribution in [2.75, 3.05) is 26.2 Å². The number of ether oxygens (including phenoxy) is 2. The summed E-state index contributed by atoms with van der Waals surface area (Å²) in [6.07, 6.45) is 2.61. The van der Waals surface area contributed by atoms with E-state index in [1.54, 1.807) is 6.92 Å². The first-order valence-corrected chi connectivity index (χ1v) is 8.96. The molecule has 6 heteroatoms. The highest BCUT2D eigenvalue weighted by atomic mass is 16.7. The van der Waals surface area contributed by atoms with Crippen LogP contribution in [-0.4, -0.2) is 59.6 Å². The van der Waals surface area contributed by atoms with Crippen molar-refractivity contribution in [3.05, 3.63) is 36.0 Å². The fourth-order valence-electron chi connectivity index (χ4n) is 3.39. The number of aromatic nitrogens is 1. The number of aromatic amines is 1. The van der Waals surface area contributed by atoms with Gasteiger partial charge in [-0.2, -0.15) is 0 Å². The molecule has 0 bridgehead atoms. The molecule has 2 aromatic rings. The van der Waals surface area contributed by atoms with Crippen molar-refractivity contribution in [1.29, 1.82) is 0 Å². The minimum atomic E-state index is -0.704. The minimum absolute atomic E-state index is 0.270. The number of nitrogens with zero attached hydrogens (tertiary/aromatic N) is 1. The third-order valence-electron chi connectivity index (χ3n) is 4.72. The maximum Gasteiger partial charge on any atom is 0.508 e. The van der Waals surface area contributed by atoms with Crippen LogP contribution in [0.4, 0.5) is 4.79 Å². The molecular weight excluding hydrogens is 320 g/mol. The lowest BCUT2D eigenvalue weighted by molar-refractivity contribution is -0.0369. The first-order chi connectivity index (χ1) is 12.2. The van der Waals surface area contributed by atoms with Gasteiger partial charge in [-0.05, 0) is 44.4 Å². The van der Waals surface area contributed by atoms with E-state index in [-0.39, 0.29) is 6.61 Å². The maximum atomic E-state index is 11.6. The Balaban J connectivity index is 1.60. The van der Waals surface area contributed by atoms with E-state index in [0.717, 1.165) is 31.4 Å². The fourth-order valence-corrected chi connectivity index (χ4v) is 3.39. The minimum Gasteiger partial charge on any atom is -0.435 e. The van der Waals surface area contributed by atoms with E-state index in [1.807, 2.05) is 12.1 Å². The Morgan fingerprint density at radius 1 is 1.40 bits per heavy atom. The number of H-pyrrole nitrogens is 1. The number of para-hydroxylation sites is 1. The van der Waals surface area contributed by atoms with Gasteiger partial charge in [0.25, 0.3) is 0 Å². The highest BCUT2D eigenvalue weighted by Gasteiger charge is 2.29. The van der Waals surface area contributed by atoms with Crippen LogP contribution in [0.3, 0.4) is 0 Å². The lowest BCUT2D eigenvalue weighted by Crippen LogP contribution is -2.40. The molecule has 0 aliphatic carbocycles. The Kier molecular flexibility index (Phi) is 5.94.